The lowest BCUT2D eigenvalue weighted by atomic mass is 10.1. The molecular formula is C17H15N3O3S. The number of aryl methyl sites for hydroxylation is 1. The van der Waals surface area contributed by atoms with Crippen molar-refractivity contribution in [1.82, 2.24) is 10.2 Å². The molecule has 0 saturated heterocycles. The van der Waals surface area contributed by atoms with Gasteiger partial charge < -0.3 is 0 Å². The van der Waals surface area contributed by atoms with Crippen molar-refractivity contribution in [2.24, 2.45) is 0 Å². The predicted octanol–water partition coefficient (Wildman–Crippen LogP) is 2.55. The third-order valence-electron chi connectivity index (χ3n) is 3.39. The van der Waals surface area contributed by atoms with Crippen molar-refractivity contribution in [3.63, 3.8) is 0 Å². The van der Waals surface area contributed by atoms with Crippen LogP contribution in [0.2, 0.25) is 0 Å². The number of H-pyrrole nitrogens is 1. The number of benzene rings is 2. The van der Waals surface area contributed by atoms with E-state index in [0.717, 1.165) is 5.56 Å². The average molecular weight is 341 g/mol. The van der Waals surface area contributed by atoms with E-state index in [-0.39, 0.29) is 10.5 Å². The fourth-order valence-corrected chi connectivity index (χ4v) is 3.40. The second-order valence-electron chi connectivity index (χ2n) is 5.31. The summed E-state index contributed by atoms with van der Waals surface area (Å²) >= 11 is 0. The number of nitrogens with zero attached hydrogens (tertiary/aromatic N) is 1. The third-order valence-corrected chi connectivity index (χ3v) is 4.77. The van der Waals surface area contributed by atoms with Gasteiger partial charge in [0.15, 0.2) is 0 Å². The molecule has 24 heavy (non-hydrogen) atoms. The van der Waals surface area contributed by atoms with Crippen molar-refractivity contribution in [2.75, 3.05) is 4.72 Å². The van der Waals surface area contributed by atoms with E-state index in [4.69, 9.17) is 0 Å². The molecule has 0 spiro atoms. The topological polar surface area (TPSA) is 91.9 Å². The number of hydrogen-bond donors (Lipinski definition) is 2. The van der Waals surface area contributed by atoms with E-state index >= 15 is 0 Å². The van der Waals surface area contributed by atoms with Gasteiger partial charge in [-0.25, -0.2) is 13.5 Å². The first-order chi connectivity index (χ1) is 11.4. The Morgan fingerprint density at radius 1 is 1.00 bits per heavy atom. The molecule has 0 atom stereocenters. The van der Waals surface area contributed by atoms with Crippen LogP contribution in [-0.2, 0) is 10.0 Å². The standard InChI is InChI=1S/C17H15N3O3S/c1-12-4-2-7-15(10-12)24(22,23)20-14-6-3-5-13(11-14)16-8-9-17(21)19-18-16/h2-11,20H,1H3,(H,19,21). The summed E-state index contributed by atoms with van der Waals surface area (Å²) in [5.41, 5.74) is 2.23. The van der Waals surface area contributed by atoms with Crippen LogP contribution in [0.1, 0.15) is 5.56 Å². The zero-order valence-electron chi connectivity index (χ0n) is 12.9. The zero-order valence-corrected chi connectivity index (χ0v) is 13.7. The van der Waals surface area contributed by atoms with Gasteiger partial charge in [0.25, 0.3) is 15.6 Å². The molecule has 0 radical (unpaired) electrons. The maximum Gasteiger partial charge on any atom is 0.264 e. The van der Waals surface area contributed by atoms with E-state index in [1.165, 1.54) is 6.07 Å². The smallest absolute Gasteiger partial charge is 0.264 e. The molecular weight excluding hydrogens is 326 g/mol. The minimum absolute atomic E-state index is 0.204. The Hall–Kier alpha value is -2.93. The van der Waals surface area contributed by atoms with Crippen LogP contribution in [0.25, 0.3) is 11.3 Å². The minimum Gasteiger partial charge on any atom is -0.280 e. The number of nitrogens with one attached hydrogen (secondary N) is 2. The number of rotatable bonds is 4. The molecule has 2 aromatic carbocycles. The Morgan fingerprint density at radius 3 is 2.50 bits per heavy atom. The Bertz CT molecular complexity index is 1020. The van der Waals surface area contributed by atoms with Crippen LogP contribution in [0.3, 0.4) is 0 Å². The predicted molar refractivity (Wildman–Crippen MR) is 92.3 cm³/mol. The minimum atomic E-state index is -3.67. The van der Waals surface area contributed by atoms with Crippen molar-refractivity contribution in [3.05, 3.63) is 76.6 Å². The lowest BCUT2D eigenvalue weighted by Crippen LogP contribution is -2.13. The van der Waals surface area contributed by atoms with Crippen LogP contribution >= 0.6 is 0 Å². The van der Waals surface area contributed by atoms with Gasteiger partial charge in [-0.3, -0.25) is 9.52 Å². The number of anilines is 1. The van der Waals surface area contributed by atoms with E-state index in [2.05, 4.69) is 14.9 Å². The lowest BCUT2D eigenvalue weighted by Gasteiger charge is -2.10. The molecule has 122 valence electrons. The van der Waals surface area contributed by atoms with Gasteiger partial charge in [-0.2, -0.15) is 5.10 Å². The fraction of sp³-hybridized carbons (Fsp3) is 0.0588. The molecule has 0 saturated carbocycles. The SMILES string of the molecule is Cc1cccc(S(=O)(=O)Nc2cccc(-c3ccc(=O)[nH]n3)c2)c1. The number of hydrogen-bond acceptors (Lipinski definition) is 4. The fourth-order valence-electron chi connectivity index (χ4n) is 2.24. The van der Waals surface area contributed by atoms with E-state index < -0.39 is 10.0 Å². The Kier molecular flexibility index (Phi) is 4.18. The normalized spacial score (nSPS) is 11.2. The second-order valence-corrected chi connectivity index (χ2v) is 6.99. The molecule has 1 aromatic heterocycles. The van der Waals surface area contributed by atoms with Crippen LogP contribution < -0.4 is 10.3 Å². The number of aromatic nitrogens is 2. The molecule has 0 aliphatic rings. The van der Waals surface area contributed by atoms with E-state index in [9.17, 15) is 13.2 Å². The van der Waals surface area contributed by atoms with Crippen LogP contribution in [0.4, 0.5) is 5.69 Å². The summed E-state index contributed by atoms with van der Waals surface area (Å²) in [5.74, 6) is 0. The van der Waals surface area contributed by atoms with Gasteiger partial charge in [0.1, 0.15) is 0 Å². The summed E-state index contributed by atoms with van der Waals surface area (Å²) in [6.45, 7) is 1.83. The monoisotopic (exact) mass is 341 g/mol. The Balaban J connectivity index is 1.92. The quantitative estimate of drug-likeness (QED) is 0.763. The van der Waals surface area contributed by atoms with Crippen molar-refractivity contribution >= 4 is 15.7 Å². The first-order valence-electron chi connectivity index (χ1n) is 7.20. The van der Waals surface area contributed by atoms with E-state index in [1.807, 2.05) is 13.0 Å². The van der Waals surface area contributed by atoms with Crippen molar-refractivity contribution in [3.8, 4) is 11.3 Å². The summed E-state index contributed by atoms with van der Waals surface area (Å²) in [6.07, 6.45) is 0. The van der Waals surface area contributed by atoms with Gasteiger partial charge in [-0.05, 0) is 42.8 Å². The van der Waals surface area contributed by atoms with Gasteiger partial charge in [0.05, 0.1) is 10.6 Å². The molecule has 3 rings (SSSR count). The molecule has 0 fully saturated rings. The molecule has 3 aromatic rings. The molecule has 6 nitrogen and oxygen atoms in total. The maximum absolute atomic E-state index is 12.5. The molecule has 0 aliphatic carbocycles. The Morgan fingerprint density at radius 2 is 1.79 bits per heavy atom. The average Bonchev–Trinajstić information content (AvgIpc) is 2.55. The van der Waals surface area contributed by atoms with E-state index in [0.29, 0.717) is 16.9 Å². The second kappa shape index (κ2) is 6.29. The molecule has 0 bridgehead atoms. The van der Waals surface area contributed by atoms with Crippen LogP contribution in [-0.4, -0.2) is 18.6 Å². The third kappa shape index (κ3) is 3.52. The molecule has 1 heterocycles. The van der Waals surface area contributed by atoms with Crippen molar-refractivity contribution < 1.29 is 8.42 Å². The highest BCUT2D eigenvalue weighted by Crippen LogP contribution is 2.22. The summed E-state index contributed by atoms with van der Waals surface area (Å²) in [4.78, 5) is 11.3. The first kappa shape index (κ1) is 15.9. The molecule has 2 N–H and O–H groups in total. The highest BCUT2D eigenvalue weighted by molar-refractivity contribution is 7.92. The van der Waals surface area contributed by atoms with E-state index in [1.54, 1.807) is 48.5 Å². The van der Waals surface area contributed by atoms with Crippen LogP contribution in [0.5, 0.6) is 0 Å². The highest BCUT2D eigenvalue weighted by atomic mass is 32.2. The summed E-state index contributed by atoms with van der Waals surface area (Å²) < 4.78 is 27.5. The van der Waals surface area contributed by atoms with Crippen molar-refractivity contribution in [1.29, 1.82) is 0 Å². The van der Waals surface area contributed by atoms with Crippen LogP contribution in [0.15, 0.2) is 70.4 Å². The number of aromatic amines is 1. The first-order valence-corrected chi connectivity index (χ1v) is 8.68. The maximum atomic E-state index is 12.5. The van der Waals surface area contributed by atoms with Gasteiger partial charge >= 0.3 is 0 Å². The largest absolute Gasteiger partial charge is 0.280 e. The van der Waals surface area contributed by atoms with Gasteiger partial charge in [0.2, 0.25) is 0 Å². The van der Waals surface area contributed by atoms with Crippen LogP contribution in [0, 0.1) is 6.92 Å². The Labute approximate surface area is 139 Å². The molecule has 0 unspecified atom stereocenters. The van der Waals surface area contributed by atoms with Crippen molar-refractivity contribution in [2.45, 2.75) is 11.8 Å². The van der Waals surface area contributed by atoms with Gasteiger partial charge in [-0.1, -0.05) is 24.3 Å². The molecule has 0 amide bonds. The zero-order chi connectivity index (χ0) is 17.2. The van der Waals surface area contributed by atoms with Gasteiger partial charge in [-0.15, -0.1) is 0 Å². The highest BCUT2D eigenvalue weighted by Gasteiger charge is 2.14. The molecule has 7 heteroatoms. The summed E-state index contributed by atoms with van der Waals surface area (Å²) in [7, 11) is -3.67. The molecule has 0 aliphatic heterocycles. The lowest BCUT2D eigenvalue weighted by molar-refractivity contribution is 0.601. The van der Waals surface area contributed by atoms with Gasteiger partial charge in [0, 0.05) is 17.3 Å². The number of sulfonamides is 1. The summed E-state index contributed by atoms with van der Waals surface area (Å²) in [5, 5.41) is 6.30. The summed E-state index contributed by atoms with van der Waals surface area (Å²) in [6, 6.07) is 16.4.